The fraction of sp³-hybridized carbons (Fsp3) is 0.0909. The van der Waals surface area contributed by atoms with E-state index in [2.05, 4.69) is 0 Å². The third-order valence-electron chi connectivity index (χ3n) is 5.33. The molecule has 0 bridgehead atoms. The zero-order chi connectivity index (χ0) is 20.8. The van der Waals surface area contributed by atoms with Gasteiger partial charge >= 0.3 is 167 Å². The quantitative estimate of drug-likeness (QED) is 0.344. The maximum atomic E-state index is 15.1. The molecule has 7 heteroatoms. The number of rotatable bonds is 4. The predicted molar refractivity (Wildman–Crippen MR) is 95.6 cm³/mol. The van der Waals surface area contributed by atoms with Gasteiger partial charge in [0.25, 0.3) is 0 Å². The summed E-state index contributed by atoms with van der Waals surface area (Å²) in [7, 11) is 0. The average molecular weight is 440 g/mol. The summed E-state index contributed by atoms with van der Waals surface area (Å²) in [6.45, 7) is 0. The number of hydrogen-bond acceptors (Lipinski definition) is 0. The first-order chi connectivity index (χ1) is 13.9. The normalized spacial score (nSPS) is 15.8. The third-order valence-corrected chi connectivity index (χ3v) is 13.2. The zero-order valence-corrected chi connectivity index (χ0v) is 16.5. The Kier molecular flexibility index (Phi) is 5.17. The van der Waals surface area contributed by atoms with E-state index in [1.165, 1.54) is 0 Å². The molecule has 0 amide bonds. The maximum absolute atomic E-state index is 15.1. The Morgan fingerprint density at radius 1 is 0.517 bits per heavy atom. The molecule has 0 aliphatic heterocycles. The van der Waals surface area contributed by atoms with Crippen molar-refractivity contribution in [2.45, 2.75) is 12.8 Å². The van der Waals surface area contributed by atoms with Crippen LogP contribution in [0.15, 0.2) is 68.5 Å². The molecular formula is C22H14F6Ti. The molecule has 2 aliphatic rings. The molecule has 2 aromatic carbocycles. The second-order valence-electron chi connectivity index (χ2n) is 6.89. The minimum atomic E-state index is -4.57. The molecule has 0 radical (unpaired) electrons. The SMILES string of the molecule is Fc1cc(F)[c]([Ti]([C]2=CC=CC2)([C]2=CC=CC2)[c]2cc(F)c(F)cc2F)cc1F. The first-order valence-electron chi connectivity index (χ1n) is 8.88. The average Bonchev–Trinajstić information content (AvgIpc) is 3.38. The third kappa shape index (κ3) is 3.15. The predicted octanol–water partition coefficient (Wildman–Crippen LogP) is 5.31. The molecule has 0 spiro atoms. The van der Waals surface area contributed by atoms with E-state index in [9.17, 15) is 17.6 Å². The van der Waals surface area contributed by atoms with Crippen molar-refractivity contribution < 1.29 is 42.9 Å². The Bertz CT molecular complexity index is 1040. The molecule has 0 fully saturated rings. The van der Waals surface area contributed by atoms with Gasteiger partial charge in [-0.3, -0.25) is 0 Å². The van der Waals surface area contributed by atoms with Gasteiger partial charge in [0, 0.05) is 0 Å². The van der Waals surface area contributed by atoms with Crippen LogP contribution in [0.3, 0.4) is 0 Å². The Hall–Kier alpha value is -2.31. The molecule has 0 atom stereocenters. The second-order valence-corrected chi connectivity index (χ2v) is 12.9. The molecule has 2 aromatic rings. The summed E-state index contributed by atoms with van der Waals surface area (Å²) < 4.78 is 86.8. The molecular weight excluding hydrogens is 426 g/mol. The van der Waals surface area contributed by atoms with Crippen LogP contribution in [0.1, 0.15) is 12.8 Å². The Morgan fingerprint density at radius 3 is 1.24 bits per heavy atom. The summed E-state index contributed by atoms with van der Waals surface area (Å²) in [4.78, 5) is 0. The first kappa shape index (κ1) is 20.0. The number of allylic oxidation sites excluding steroid dienone is 8. The number of hydrogen-bond donors (Lipinski definition) is 0. The fourth-order valence-corrected chi connectivity index (χ4v) is 12.2. The van der Waals surface area contributed by atoms with Crippen LogP contribution >= 0.6 is 0 Å². The van der Waals surface area contributed by atoms with Crippen molar-refractivity contribution in [2.75, 3.05) is 0 Å². The van der Waals surface area contributed by atoms with E-state index in [1.54, 1.807) is 36.5 Å². The molecule has 0 heterocycles. The van der Waals surface area contributed by atoms with Crippen LogP contribution in [0.25, 0.3) is 0 Å². The Labute approximate surface area is 166 Å². The Balaban J connectivity index is 2.14. The van der Waals surface area contributed by atoms with Gasteiger partial charge in [-0.1, -0.05) is 0 Å². The molecule has 29 heavy (non-hydrogen) atoms. The monoisotopic (exact) mass is 440 g/mol. The number of benzene rings is 2. The van der Waals surface area contributed by atoms with Crippen LogP contribution < -0.4 is 7.74 Å². The summed E-state index contributed by atoms with van der Waals surface area (Å²) in [6, 6.07) is 2.33. The first-order valence-corrected chi connectivity index (χ1v) is 12.0. The molecule has 0 saturated carbocycles. The molecule has 0 saturated heterocycles. The van der Waals surface area contributed by atoms with Gasteiger partial charge in [-0.2, -0.15) is 0 Å². The van der Waals surface area contributed by atoms with Gasteiger partial charge in [-0.15, -0.1) is 0 Å². The van der Waals surface area contributed by atoms with Gasteiger partial charge < -0.3 is 0 Å². The van der Waals surface area contributed by atoms with E-state index in [0.717, 1.165) is 12.1 Å². The van der Waals surface area contributed by atoms with Gasteiger partial charge in [0.05, 0.1) is 0 Å². The summed E-state index contributed by atoms with van der Waals surface area (Å²) in [5, 5.41) is 0. The van der Waals surface area contributed by atoms with Crippen molar-refractivity contribution in [1.29, 1.82) is 0 Å². The van der Waals surface area contributed by atoms with E-state index in [0.29, 0.717) is 32.7 Å². The van der Waals surface area contributed by atoms with Gasteiger partial charge in [0.15, 0.2) is 0 Å². The minimum absolute atomic E-state index is 0.182. The van der Waals surface area contributed by atoms with Crippen molar-refractivity contribution in [1.82, 2.24) is 0 Å². The summed E-state index contributed by atoms with van der Waals surface area (Å²) in [5.74, 6) is -7.37. The second kappa shape index (κ2) is 7.50. The van der Waals surface area contributed by atoms with E-state index in [-0.39, 0.29) is 7.74 Å². The molecule has 148 valence electrons. The van der Waals surface area contributed by atoms with Crippen LogP contribution in [-0.4, -0.2) is 0 Å². The summed E-state index contributed by atoms with van der Waals surface area (Å²) in [5.41, 5.74) is 0. The van der Waals surface area contributed by atoms with Gasteiger partial charge in [-0.05, 0) is 0 Å². The molecule has 0 N–H and O–H groups in total. The van der Waals surface area contributed by atoms with E-state index in [1.807, 2.05) is 0 Å². The van der Waals surface area contributed by atoms with Crippen LogP contribution in [0.2, 0.25) is 0 Å². The van der Waals surface area contributed by atoms with Crippen molar-refractivity contribution in [3.05, 3.63) is 103 Å². The zero-order valence-electron chi connectivity index (χ0n) is 15.0. The number of halogens is 6. The molecule has 0 nitrogen and oxygen atoms in total. The molecule has 0 aromatic heterocycles. The van der Waals surface area contributed by atoms with Crippen LogP contribution in [0, 0.1) is 34.9 Å². The van der Waals surface area contributed by atoms with Gasteiger partial charge in [0.1, 0.15) is 0 Å². The van der Waals surface area contributed by atoms with Crippen molar-refractivity contribution >= 4 is 7.74 Å². The fourth-order valence-electron chi connectivity index (χ4n) is 4.11. The summed E-state index contributed by atoms with van der Waals surface area (Å²) in [6.07, 6.45) is 11.0. The van der Waals surface area contributed by atoms with Crippen LogP contribution in [-0.2, 0) is 16.6 Å². The van der Waals surface area contributed by atoms with Crippen molar-refractivity contribution in [2.24, 2.45) is 0 Å². The van der Waals surface area contributed by atoms with Crippen molar-refractivity contribution in [3.63, 3.8) is 0 Å². The van der Waals surface area contributed by atoms with Crippen molar-refractivity contribution in [3.8, 4) is 0 Å². The van der Waals surface area contributed by atoms with E-state index >= 15 is 8.78 Å². The van der Waals surface area contributed by atoms with E-state index in [4.69, 9.17) is 0 Å². The van der Waals surface area contributed by atoms with E-state index < -0.39 is 51.5 Å². The summed E-state index contributed by atoms with van der Waals surface area (Å²) >= 11 is -4.57. The van der Waals surface area contributed by atoms with Crippen LogP contribution in [0.5, 0.6) is 0 Å². The Morgan fingerprint density at radius 2 is 0.897 bits per heavy atom. The molecule has 0 unspecified atom stereocenters. The standard InChI is InChI=1S/2C6H2F3.2C5H5.Ti/c2*7-4-1-2-5(8)6(9)3-4;2*1-2-4-5-3-1;/h2*2-3H;2*1-3H,4H2;. The van der Waals surface area contributed by atoms with Gasteiger partial charge in [-0.25, -0.2) is 0 Å². The topological polar surface area (TPSA) is 0 Å². The van der Waals surface area contributed by atoms with Crippen LogP contribution in [0.4, 0.5) is 26.3 Å². The van der Waals surface area contributed by atoms with Gasteiger partial charge in [0.2, 0.25) is 0 Å². The molecule has 4 rings (SSSR count). The molecule has 2 aliphatic carbocycles.